The monoisotopic (exact) mass is 329 g/mol. The predicted molar refractivity (Wildman–Crippen MR) is 79.0 cm³/mol. The van der Waals surface area contributed by atoms with E-state index >= 15 is 0 Å². The normalized spacial score (nSPS) is 12.6. The molecule has 1 aromatic heterocycles. The van der Waals surface area contributed by atoms with Gasteiger partial charge in [-0.05, 0) is 47.1 Å². The minimum absolute atomic E-state index is 0.311. The Balaban J connectivity index is 2.18. The van der Waals surface area contributed by atoms with Crippen molar-refractivity contribution in [3.05, 3.63) is 55.6 Å². The summed E-state index contributed by atoms with van der Waals surface area (Å²) in [5, 5.41) is 6.28. The van der Waals surface area contributed by atoms with Crippen molar-refractivity contribution in [1.29, 1.82) is 0 Å². The molecule has 0 aliphatic carbocycles. The third-order valence-electron chi connectivity index (χ3n) is 2.66. The number of hydrogen-bond donors (Lipinski definition) is 1. The van der Waals surface area contributed by atoms with Crippen LogP contribution >= 0.6 is 38.9 Å². The fourth-order valence-corrected chi connectivity index (χ4v) is 3.51. The molecule has 2 rings (SSSR count). The first-order valence-electron chi connectivity index (χ1n) is 5.35. The maximum Gasteiger partial charge on any atom is 0.0454 e. The largest absolute Gasteiger partial charge is 0.312 e. The number of hydrogen-bond acceptors (Lipinski definition) is 2. The number of likely N-dealkylation sites (N-methyl/N-ethyl adjacent to an activating group) is 1. The van der Waals surface area contributed by atoms with Gasteiger partial charge >= 0.3 is 0 Å². The molecule has 0 aliphatic heterocycles. The molecular weight excluding hydrogens is 318 g/mol. The van der Waals surface area contributed by atoms with Crippen molar-refractivity contribution in [2.24, 2.45) is 0 Å². The lowest BCUT2D eigenvalue weighted by atomic mass is 10.0. The Hall–Kier alpha value is -0.350. The number of halogens is 2. The molecule has 0 amide bonds. The lowest BCUT2D eigenvalue weighted by Gasteiger charge is -2.15. The van der Waals surface area contributed by atoms with E-state index in [4.69, 9.17) is 11.6 Å². The zero-order valence-corrected chi connectivity index (χ0v) is 12.6. The van der Waals surface area contributed by atoms with Crippen LogP contribution in [0, 0.1) is 0 Å². The van der Waals surface area contributed by atoms with Crippen LogP contribution in [0.1, 0.15) is 16.5 Å². The van der Waals surface area contributed by atoms with Crippen molar-refractivity contribution in [3.8, 4) is 0 Å². The lowest BCUT2D eigenvalue weighted by molar-refractivity contribution is 0.602. The number of nitrogens with one attached hydrogen (secondary N) is 1. The Morgan fingerprint density at radius 1 is 1.41 bits per heavy atom. The Labute approximate surface area is 119 Å². The predicted octanol–water partition coefficient (Wildman–Crippen LogP) is 4.67. The second kappa shape index (κ2) is 6.01. The van der Waals surface area contributed by atoms with E-state index in [1.165, 1.54) is 10.4 Å². The Morgan fingerprint density at radius 2 is 2.18 bits per heavy atom. The van der Waals surface area contributed by atoms with Gasteiger partial charge in [-0.25, -0.2) is 0 Å². The topological polar surface area (TPSA) is 12.0 Å². The van der Waals surface area contributed by atoms with Crippen LogP contribution in [0.3, 0.4) is 0 Å². The maximum atomic E-state index is 6.18. The molecule has 1 N–H and O–H groups in total. The molecule has 0 fully saturated rings. The molecule has 0 saturated carbocycles. The summed E-state index contributed by atoms with van der Waals surface area (Å²) in [6, 6.07) is 10.5. The van der Waals surface area contributed by atoms with Gasteiger partial charge in [0.05, 0.1) is 0 Å². The molecule has 1 nitrogen and oxygen atoms in total. The second-order valence-electron chi connectivity index (χ2n) is 3.80. The Morgan fingerprint density at radius 3 is 2.76 bits per heavy atom. The average molecular weight is 331 g/mol. The van der Waals surface area contributed by atoms with Gasteiger partial charge in [0.2, 0.25) is 0 Å². The number of rotatable bonds is 4. The molecule has 1 atom stereocenters. The molecule has 0 radical (unpaired) electrons. The van der Waals surface area contributed by atoms with Gasteiger partial charge in [0, 0.05) is 25.8 Å². The van der Waals surface area contributed by atoms with Crippen molar-refractivity contribution < 1.29 is 0 Å². The zero-order chi connectivity index (χ0) is 12.3. The van der Waals surface area contributed by atoms with Gasteiger partial charge in [-0.15, -0.1) is 11.3 Å². The molecule has 0 saturated heterocycles. The zero-order valence-electron chi connectivity index (χ0n) is 9.41. The molecule has 90 valence electrons. The minimum atomic E-state index is 0.311. The lowest BCUT2D eigenvalue weighted by Crippen LogP contribution is -2.17. The molecule has 0 bridgehead atoms. The highest BCUT2D eigenvalue weighted by Gasteiger charge is 2.13. The summed E-state index contributed by atoms with van der Waals surface area (Å²) in [5.41, 5.74) is 1.18. The summed E-state index contributed by atoms with van der Waals surface area (Å²) in [5.74, 6) is 0. The van der Waals surface area contributed by atoms with Crippen LogP contribution < -0.4 is 5.32 Å². The fourth-order valence-electron chi connectivity index (χ4n) is 1.74. The molecule has 1 unspecified atom stereocenters. The van der Waals surface area contributed by atoms with E-state index < -0.39 is 0 Å². The maximum absolute atomic E-state index is 6.18. The highest BCUT2D eigenvalue weighted by Crippen LogP contribution is 2.29. The highest BCUT2D eigenvalue weighted by atomic mass is 79.9. The SMILES string of the molecule is CNC(Cc1ccccc1Cl)c1cc(Br)cs1. The summed E-state index contributed by atoms with van der Waals surface area (Å²) in [4.78, 5) is 1.32. The van der Waals surface area contributed by atoms with E-state index in [1.807, 2.05) is 25.2 Å². The fraction of sp³-hybridized carbons (Fsp3) is 0.231. The summed E-state index contributed by atoms with van der Waals surface area (Å²) in [7, 11) is 1.98. The first-order valence-corrected chi connectivity index (χ1v) is 7.40. The van der Waals surface area contributed by atoms with Gasteiger partial charge in [0.1, 0.15) is 0 Å². The van der Waals surface area contributed by atoms with Crippen molar-refractivity contribution in [2.45, 2.75) is 12.5 Å². The Kier molecular flexibility index (Phi) is 4.62. The van der Waals surface area contributed by atoms with E-state index in [0.717, 1.165) is 15.9 Å². The van der Waals surface area contributed by atoms with Crippen LogP contribution in [0.25, 0.3) is 0 Å². The molecule has 17 heavy (non-hydrogen) atoms. The molecule has 0 aliphatic rings. The molecule has 2 aromatic rings. The second-order valence-corrected chi connectivity index (χ2v) is 6.07. The minimum Gasteiger partial charge on any atom is -0.312 e. The highest BCUT2D eigenvalue weighted by molar-refractivity contribution is 9.10. The summed E-state index contributed by atoms with van der Waals surface area (Å²) in [6.07, 6.45) is 0.906. The van der Waals surface area contributed by atoms with Crippen LogP contribution in [0.2, 0.25) is 5.02 Å². The standard InChI is InChI=1S/C13H13BrClNS/c1-16-12(13-7-10(14)8-17-13)6-9-4-2-3-5-11(9)15/h2-5,7-8,12,16H,6H2,1H3. The van der Waals surface area contributed by atoms with Gasteiger partial charge in [-0.2, -0.15) is 0 Å². The van der Waals surface area contributed by atoms with Crippen LogP contribution in [0.5, 0.6) is 0 Å². The van der Waals surface area contributed by atoms with Crippen molar-refractivity contribution in [1.82, 2.24) is 5.32 Å². The first kappa shape index (κ1) is 13.1. The summed E-state index contributed by atoms with van der Waals surface area (Å²) < 4.78 is 1.14. The summed E-state index contributed by atoms with van der Waals surface area (Å²) >= 11 is 11.4. The van der Waals surface area contributed by atoms with Gasteiger partial charge in [-0.3, -0.25) is 0 Å². The molecule has 4 heteroatoms. The number of thiophene rings is 1. The van der Waals surface area contributed by atoms with Gasteiger partial charge in [-0.1, -0.05) is 29.8 Å². The van der Waals surface area contributed by atoms with E-state index in [1.54, 1.807) is 11.3 Å². The third-order valence-corrected chi connectivity index (χ3v) is 4.84. The van der Waals surface area contributed by atoms with Crippen molar-refractivity contribution in [2.75, 3.05) is 7.05 Å². The van der Waals surface area contributed by atoms with E-state index in [-0.39, 0.29) is 0 Å². The average Bonchev–Trinajstić information content (AvgIpc) is 2.75. The molecule has 0 spiro atoms. The molecule has 1 heterocycles. The van der Waals surface area contributed by atoms with Crippen LogP contribution in [-0.4, -0.2) is 7.05 Å². The van der Waals surface area contributed by atoms with Crippen molar-refractivity contribution >= 4 is 38.9 Å². The quantitative estimate of drug-likeness (QED) is 0.859. The van der Waals surface area contributed by atoms with Crippen LogP contribution in [-0.2, 0) is 6.42 Å². The first-order chi connectivity index (χ1) is 8.20. The van der Waals surface area contributed by atoms with E-state index in [0.29, 0.717) is 6.04 Å². The van der Waals surface area contributed by atoms with E-state index in [9.17, 15) is 0 Å². The van der Waals surface area contributed by atoms with Gasteiger partial charge in [0.15, 0.2) is 0 Å². The van der Waals surface area contributed by atoms with Crippen LogP contribution in [0.15, 0.2) is 40.2 Å². The Bertz CT molecular complexity index is 498. The van der Waals surface area contributed by atoms with Gasteiger partial charge in [0.25, 0.3) is 0 Å². The smallest absolute Gasteiger partial charge is 0.0454 e. The molecule has 1 aromatic carbocycles. The third kappa shape index (κ3) is 3.32. The van der Waals surface area contributed by atoms with Gasteiger partial charge < -0.3 is 5.32 Å². The van der Waals surface area contributed by atoms with Crippen LogP contribution in [0.4, 0.5) is 0 Å². The number of benzene rings is 1. The van der Waals surface area contributed by atoms with E-state index in [2.05, 4.69) is 38.8 Å². The van der Waals surface area contributed by atoms with Crippen molar-refractivity contribution in [3.63, 3.8) is 0 Å². The summed E-state index contributed by atoms with van der Waals surface area (Å²) in [6.45, 7) is 0. The molecular formula is C13H13BrClNS.